The Hall–Kier alpha value is -0.670. The number of nitrogens with zero attached hydrogens (tertiary/aromatic N) is 1. The summed E-state index contributed by atoms with van der Waals surface area (Å²) < 4.78 is 39.2. The predicted molar refractivity (Wildman–Crippen MR) is 86.4 cm³/mol. The molecule has 0 aliphatic carbocycles. The van der Waals surface area contributed by atoms with Crippen molar-refractivity contribution in [3.8, 4) is 0 Å². The molecule has 2 rings (SSSR count). The fraction of sp³-hybridized carbons (Fsp3) is 0.357. The highest BCUT2D eigenvalue weighted by atomic mass is 127. The number of nitrogens with one attached hydrogen (secondary N) is 1. The van der Waals surface area contributed by atoms with Gasteiger partial charge in [-0.2, -0.15) is 13.2 Å². The Kier molecular flexibility index (Phi) is 5.61. The van der Waals surface area contributed by atoms with Crippen LogP contribution in [-0.4, -0.2) is 11.5 Å². The average Bonchev–Trinajstić information content (AvgIpc) is 2.91. The Morgan fingerprint density at radius 2 is 1.95 bits per heavy atom. The lowest BCUT2D eigenvalue weighted by molar-refractivity contribution is -0.137. The van der Waals surface area contributed by atoms with Crippen LogP contribution in [-0.2, 0) is 6.18 Å². The van der Waals surface area contributed by atoms with Gasteiger partial charge in [0.15, 0.2) is 5.01 Å². The van der Waals surface area contributed by atoms with E-state index < -0.39 is 11.2 Å². The third-order valence-electron chi connectivity index (χ3n) is 2.85. The van der Waals surface area contributed by atoms with Gasteiger partial charge in [0.25, 0.3) is 0 Å². The van der Waals surface area contributed by atoms with Gasteiger partial charge in [-0.15, -0.1) is 11.3 Å². The second-order valence-corrected chi connectivity index (χ2v) is 6.81. The second kappa shape index (κ2) is 7.06. The highest BCUT2D eigenvalue weighted by Gasteiger charge is 2.35. The minimum Gasteiger partial charge on any atom is -0.306 e. The maximum atomic E-state index is 12.7. The Morgan fingerprint density at radius 1 is 1.29 bits per heavy atom. The predicted octanol–water partition coefficient (Wildman–Crippen LogP) is 4.86. The van der Waals surface area contributed by atoms with Crippen molar-refractivity contribution in [3.63, 3.8) is 0 Å². The fourth-order valence-electron chi connectivity index (χ4n) is 1.88. The lowest BCUT2D eigenvalue weighted by Gasteiger charge is -2.17. The average molecular weight is 426 g/mol. The molecule has 0 fully saturated rings. The number of alkyl halides is 3. The van der Waals surface area contributed by atoms with Gasteiger partial charge in [0.05, 0.1) is 6.04 Å². The molecule has 0 saturated carbocycles. The van der Waals surface area contributed by atoms with E-state index in [2.05, 4.69) is 32.9 Å². The van der Waals surface area contributed by atoms with Crippen LogP contribution in [0.1, 0.15) is 34.8 Å². The van der Waals surface area contributed by atoms with E-state index in [1.54, 1.807) is 0 Å². The summed E-state index contributed by atoms with van der Waals surface area (Å²) in [6.45, 7) is 2.75. The SMILES string of the molecule is CCCNC(c1ccc(I)cc1)c1cnc(C(F)(F)F)s1. The molecule has 1 heterocycles. The molecule has 1 aromatic heterocycles. The number of hydrogen-bond acceptors (Lipinski definition) is 3. The van der Waals surface area contributed by atoms with E-state index in [1.165, 1.54) is 6.20 Å². The zero-order chi connectivity index (χ0) is 15.5. The first-order chi connectivity index (χ1) is 9.91. The van der Waals surface area contributed by atoms with Crippen LogP contribution >= 0.6 is 33.9 Å². The minimum atomic E-state index is -4.38. The van der Waals surface area contributed by atoms with Gasteiger partial charge in [-0.05, 0) is 53.3 Å². The number of aromatic nitrogens is 1. The summed E-state index contributed by atoms with van der Waals surface area (Å²) in [5.41, 5.74) is 0.946. The van der Waals surface area contributed by atoms with Crippen molar-refractivity contribution >= 4 is 33.9 Å². The van der Waals surface area contributed by atoms with Crippen molar-refractivity contribution in [2.75, 3.05) is 6.54 Å². The highest BCUT2D eigenvalue weighted by Crippen LogP contribution is 2.36. The molecule has 0 aliphatic rings. The van der Waals surface area contributed by atoms with Crippen molar-refractivity contribution in [2.45, 2.75) is 25.6 Å². The van der Waals surface area contributed by atoms with E-state index in [1.807, 2.05) is 31.2 Å². The van der Waals surface area contributed by atoms with E-state index >= 15 is 0 Å². The Labute approximate surface area is 138 Å². The Balaban J connectivity index is 2.31. The maximum absolute atomic E-state index is 12.7. The van der Waals surface area contributed by atoms with Crippen molar-refractivity contribution < 1.29 is 13.2 Å². The van der Waals surface area contributed by atoms with Crippen molar-refractivity contribution in [1.29, 1.82) is 0 Å². The van der Waals surface area contributed by atoms with Crippen molar-refractivity contribution in [3.05, 3.63) is 49.5 Å². The van der Waals surface area contributed by atoms with Gasteiger partial charge in [0.1, 0.15) is 0 Å². The third-order valence-corrected chi connectivity index (χ3v) is 4.68. The molecule has 1 N–H and O–H groups in total. The zero-order valence-corrected chi connectivity index (χ0v) is 14.2. The van der Waals surface area contributed by atoms with E-state index in [0.717, 1.165) is 22.1 Å². The summed E-state index contributed by atoms with van der Waals surface area (Å²) in [6.07, 6.45) is -2.16. The van der Waals surface area contributed by atoms with E-state index in [9.17, 15) is 13.2 Å². The molecule has 1 aromatic carbocycles. The van der Waals surface area contributed by atoms with Crippen LogP contribution in [0, 0.1) is 3.57 Å². The minimum absolute atomic E-state index is 0.254. The van der Waals surface area contributed by atoms with Crippen molar-refractivity contribution in [2.24, 2.45) is 0 Å². The van der Waals surface area contributed by atoms with Gasteiger partial charge < -0.3 is 5.32 Å². The van der Waals surface area contributed by atoms with Crippen molar-refractivity contribution in [1.82, 2.24) is 10.3 Å². The first-order valence-electron chi connectivity index (χ1n) is 6.43. The van der Waals surface area contributed by atoms with Crippen LogP contribution in [0.4, 0.5) is 13.2 Å². The largest absolute Gasteiger partial charge is 0.443 e. The van der Waals surface area contributed by atoms with Crippen LogP contribution in [0.15, 0.2) is 30.5 Å². The molecular formula is C14H14F3IN2S. The lowest BCUT2D eigenvalue weighted by atomic mass is 10.1. The molecule has 0 aliphatic heterocycles. The number of rotatable bonds is 5. The summed E-state index contributed by atoms with van der Waals surface area (Å²) in [7, 11) is 0. The van der Waals surface area contributed by atoms with E-state index in [0.29, 0.717) is 16.2 Å². The standard InChI is InChI=1S/C14H14F3IN2S/c1-2-7-19-12(9-3-5-10(18)6-4-9)11-8-20-13(21-11)14(15,16)17/h3-6,8,12,19H,2,7H2,1H3. The van der Waals surface area contributed by atoms with Crippen LogP contribution in [0.5, 0.6) is 0 Å². The molecule has 0 saturated heterocycles. The van der Waals surface area contributed by atoms with E-state index in [-0.39, 0.29) is 6.04 Å². The summed E-state index contributed by atoms with van der Waals surface area (Å²) in [4.78, 5) is 4.09. The Morgan fingerprint density at radius 3 is 2.48 bits per heavy atom. The zero-order valence-electron chi connectivity index (χ0n) is 11.2. The first kappa shape index (κ1) is 16.7. The smallest absolute Gasteiger partial charge is 0.306 e. The number of thiazole rings is 1. The van der Waals surface area contributed by atoms with Gasteiger partial charge in [0, 0.05) is 14.6 Å². The van der Waals surface area contributed by atoms with Gasteiger partial charge in [-0.3, -0.25) is 0 Å². The second-order valence-electron chi connectivity index (χ2n) is 4.50. The van der Waals surface area contributed by atoms with Crippen LogP contribution in [0.3, 0.4) is 0 Å². The van der Waals surface area contributed by atoms with Gasteiger partial charge in [0.2, 0.25) is 0 Å². The molecule has 0 spiro atoms. The molecular weight excluding hydrogens is 412 g/mol. The third kappa shape index (κ3) is 4.40. The first-order valence-corrected chi connectivity index (χ1v) is 8.33. The lowest BCUT2D eigenvalue weighted by Crippen LogP contribution is -2.22. The molecule has 0 bridgehead atoms. The summed E-state index contributed by atoms with van der Waals surface area (Å²) in [6, 6.07) is 7.50. The molecule has 1 unspecified atom stereocenters. The highest BCUT2D eigenvalue weighted by molar-refractivity contribution is 14.1. The number of benzene rings is 1. The summed E-state index contributed by atoms with van der Waals surface area (Å²) >= 11 is 2.90. The molecule has 7 heteroatoms. The summed E-state index contributed by atoms with van der Waals surface area (Å²) in [5, 5.41) is 2.49. The van der Waals surface area contributed by atoms with Gasteiger partial charge in [-0.1, -0.05) is 19.1 Å². The Bertz CT molecular complexity index is 581. The van der Waals surface area contributed by atoms with Crippen LogP contribution in [0.25, 0.3) is 0 Å². The molecule has 21 heavy (non-hydrogen) atoms. The normalized spacial score (nSPS) is 13.4. The van der Waals surface area contributed by atoms with Crippen LogP contribution < -0.4 is 5.32 Å². The quantitative estimate of drug-likeness (QED) is 0.692. The molecule has 0 radical (unpaired) electrons. The van der Waals surface area contributed by atoms with E-state index in [4.69, 9.17) is 0 Å². The maximum Gasteiger partial charge on any atom is 0.443 e. The van der Waals surface area contributed by atoms with Gasteiger partial charge >= 0.3 is 6.18 Å². The molecule has 2 aromatic rings. The van der Waals surface area contributed by atoms with Crippen LogP contribution in [0.2, 0.25) is 0 Å². The van der Waals surface area contributed by atoms with Gasteiger partial charge in [-0.25, -0.2) is 4.98 Å². The summed E-state index contributed by atoms with van der Waals surface area (Å²) in [5.74, 6) is 0. The number of hydrogen-bond donors (Lipinski definition) is 1. The molecule has 114 valence electrons. The topological polar surface area (TPSA) is 24.9 Å². The monoisotopic (exact) mass is 426 g/mol. The molecule has 0 amide bonds. The fourth-order valence-corrected chi connectivity index (χ4v) is 3.12. The number of halogens is 4. The molecule has 1 atom stereocenters. The molecule has 2 nitrogen and oxygen atoms in total.